The van der Waals surface area contributed by atoms with Gasteiger partial charge in [-0.25, -0.2) is 0 Å². The maximum absolute atomic E-state index is 4.93. The fourth-order valence-corrected chi connectivity index (χ4v) is 93.6. The molecule has 10 fully saturated rings. The topological polar surface area (TPSA) is 3.24 Å². The van der Waals surface area contributed by atoms with Gasteiger partial charge in [-0.3, -0.25) is 0 Å². The summed E-state index contributed by atoms with van der Waals surface area (Å²) in [6.45, 7) is 2.91. The fourth-order valence-electron chi connectivity index (χ4n) is 19.0. The van der Waals surface area contributed by atoms with Gasteiger partial charge < -0.3 is 0 Å². The van der Waals surface area contributed by atoms with E-state index in [4.69, 9.17) is 6.58 Å². The van der Waals surface area contributed by atoms with Crippen molar-refractivity contribution >= 4 is 11.4 Å². The molecular formula is C25H23FeN. The molecule has 2 aromatic carbocycles. The van der Waals surface area contributed by atoms with Crippen molar-refractivity contribution in [3.05, 3.63) is 72.8 Å². The van der Waals surface area contributed by atoms with E-state index in [9.17, 15) is 0 Å². The summed E-state index contributed by atoms with van der Waals surface area (Å²) < 4.78 is 0.806. The molecule has 10 aliphatic heterocycles. The van der Waals surface area contributed by atoms with Gasteiger partial charge in [0.1, 0.15) is 0 Å². The van der Waals surface area contributed by atoms with Crippen LogP contribution in [-0.2, 0) is 6.51 Å². The Morgan fingerprint density at radius 3 is 1.52 bits per heavy atom. The van der Waals surface area contributed by atoms with Gasteiger partial charge in [0.2, 0.25) is 0 Å². The minimum absolute atomic E-state index is 0.806. The Kier molecular flexibility index (Phi) is 0.581. The van der Waals surface area contributed by atoms with E-state index in [1.807, 2.05) is 0 Å². The zero-order chi connectivity index (χ0) is 17.1. The Hall–Kier alpha value is -1.50. The number of rotatable bonds is 5. The third kappa shape index (κ3) is 0.206. The molecule has 27 heavy (non-hydrogen) atoms. The predicted octanol–water partition coefficient (Wildman–Crippen LogP) is 7.14. The molecule has 0 aromatic heterocycles. The Bertz CT molecular complexity index is 1430. The van der Waals surface area contributed by atoms with Crippen LogP contribution in [0.1, 0.15) is 0 Å². The monoisotopic (exact) mass is 393 g/mol. The Balaban J connectivity index is 1.08. The number of anilines is 2. The molecule has 0 amide bonds. The number of para-hydroxylation sites is 2. The zero-order valence-corrected chi connectivity index (χ0v) is 16.3. The molecule has 4 atom stereocenters. The van der Waals surface area contributed by atoms with Crippen molar-refractivity contribution in [1.82, 2.24) is 0 Å². The second-order valence-corrected chi connectivity index (χ2v) is 37.1. The number of fused-ring (bicyclic) bond motifs is 10. The molecule has 12 rings (SSSR count). The molecule has 10 saturated heterocycles. The minimum atomic E-state index is -3.09. The van der Waals surface area contributed by atoms with Crippen LogP contribution in [0.4, 0.5) is 11.4 Å². The molecule has 0 radical (unpaired) electrons. The molecule has 2 aromatic rings. The fraction of sp³-hybridized carbons (Fsp3) is 0.440. The van der Waals surface area contributed by atoms with Crippen LogP contribution in [0.2, 0.25) is 47.7 Å². The van der Waals surface area contributed by atoms with Crippen molar-refractivity contribution in [2.24, 2.45) is 0 Å². The summed E-state index contributed by atoms with van der Waals surface area (Å²) in [5, 5.41) is 0. The van der Waals surface area contributed by atoms with Crippen LogP contribution in [0.5, 0.6) is 0 Å². The van der Waals surface area contributed by atoms with Gasteiger partial charge in [0.05, 0.1) is 0 Å². The molecule has 1 nitrogen and oxygen atoms in total. The third-order valence-corrected chi connectivity index (χ3v) is 60.1. The van der Waals surface area contributed by atoms with Gasteiger partial charge in [-0.05, 0) is 0 Å². The quantitative estimate of drug-likeness (QED) is 0.385. The summed E-state index contributed by atoms with van der Waals surface area (Å²) in [7, 11) is 0. The first kappa shape index (κ1) is 11.5. The number of nitrogens with zero attached hydrogens (tertiary/aromatic N) is 1. The number of benzene rings is 2. The van der Waals surface area contributed by atoms with E-state index < -0.39 is 6.51 Å². The van der Waals surface area contributed by atoms with Gasteiger partial charge in [-0.15, -0.1) is 0 Å². The van der Waals surface area contributed by atoms with E-state index in [-0.39, 0.29) is 0 Å². The zero-order valence-electron chi connectivity index (χ0n) is 15.2. The van der Waals surface area contributed by atoms with E-state index in [0.29, 0.717) is 0 Å². The molecule has 136 valence electrons. The van der Waals surface area contributed by atoms with E-state index >= 15 is 0 Å². The summed E-state index contributed by atoms with van der Waals surface area (Å²) >= 11 is 0. The van der Waals surface area contributed by atoms with Crippen LogP contribution in [0.3, 0.4) is 0 Å². The number of hydrogen-bond donors (Lipinski definition) is 0. The van der Waals surface area contributed by atoms with E-state index in [1.54, 1.807) is 5.57 Å². The summed E-state index contributed by atoms with van der Waals surface area (Å²) in [6, 6.07) is 22.1. The van der Waals surface area contributed by atoms with Gasteiger partial charge >= 0.3 is 150 Å². The normalized spacial score (nSPS) is 78.9. The van der Waals surface area contributed by atoms with Crippen molar-refractivity contribution in [3.8, 4) is 0 Å². The molecule has 2 heteroatoms. The first-order valence-electron chi connectivity index (χ1n) is 10.8. The molecule has 0 saturated carbocycles. The van der Waals surface area contributed by atoms with Crippen LogP contribution in [0.15, 0.2) is 72.8 Å². The van der Waals surface area contributed by atoms with E-state index in [1.165, 1.54) is 54.7 Å². The van der Waals surface area contributed by atoms with Crippen LogP contribution < -0.4 is 4.90 Å². The molecular weight excluding hydrogens is 370 g/mol. The second-order valence-electron chi connectivity index (χ2n) is 13.5. The average molecular weight is 393 g/mol. The molecule has 10 aliphatic rings. The first-order chi connectivity index (χ1) is 13.0. The first-order valence-corrected chi connectivity index (χ1v) is 17.1. The van der Waals surface area contributed by atoms with Crippen LogP contribution >= 0.6 is 0 Å². The average Bonchev–Trinajstić information content (AvgIpc) is 3.66. The van der Waals surface area contributed by atoms with Crippen molar-refractivity contribution in [2.45, 2.75) is 47.7 Å². The molecule has 10 heterocycles. The molecule has 0 bridgehead atoms. The van der Waals surface area contributed by atoms with Crippen molar-refractivity contribution < 1.29 is 6.51 Å². The SMILES string of the molecule is C=C(CN(c1ccccc1)c1ccccc1)[C]12[CH]3[CH]4[CH]5[CH]1[Fe]45321678[CH]2[CH]1[CH]6[CH]7[CH]28. The third-order valence-electron chi connectivity index (χ3n) is 17.7. The van der Waals surface area contributed by atoms with Gasteiger partial charge in [0.15, 0.2) is 0 Å². The van der Waals surface area contributed by atoms with Gasteiger partial charge in [0, 0.05) is 0 Å². The predicted molar refractivity (Wildman–Crippen MR) is 105 cm³/mol. The van der Waals surface area contributed by atoms with Crippen molar-refractivity contribution in [2.75, 3.05) is 11.4 Å². The van der Waals surface area contributed by atoms with Gasteiger partial charge in [0.25, 0.3) is 0 Å². The molecule has 4 unspecified atom stereocenters. The van der Waals surface area contributed by atoms with Gasteiger partial charge in [-0.2, -0.15) is 0 Å². The standard InChI is InChI=1S/C20H18N.C5H5.Fe/c1-17(18-10-8-9-11-18)16-21(19-12-4-2-5-13-19)20-14-6-3-7-15-20;1-2-4-5-3-1;/h2-15H,1,16H2;1-5H;. The van der Waals surface area contributed by atoms with Crippen LogP contribution in [0.25, 0.3) is 0 Å². The van der Waals surface area contributed by atoms with Crippen LogP contribution in [0, 0.1) is 0 Å². The number of hydrogen-bond acceptors (Lipinski definition) is 1. The second kappa shape index (κ2) is 1.37. The Morgan fingerprint density at radius 1 is 0.741 bits per heavy atom. The van der Waals surface area contributed by atoms with E-state index in [2.05, 4.69) is 65.6 Å². The van der Waals surface area contributed by atoms with Crippen LogP contribution in [-0.4, -0.2) is 6.54 Å². The molecule has 0 aliphatic carbocycles. The van der Waals surface area contributed by atoms with Gasteiger partial charge in [-0.1, -0.05) is 0 Å². The van der Waals surface area contributed by atoms with Crippen molar-refractivity contribution in [1.29, 1.82) is 0 Å². The summed E-state index contributed by atoms with van der Waals surface area (Å²) in [4.78, 5) is 14.9. The Morgan fingerprint density at radius 2 is 1.19 bits per heavy atom. The Labute approximate surface area is 149 Å². The summed E-state index contributed by atoms with van der Waals surface area (Å²) in [5.41, 5.74) is 4.37. The van der Waals surface area contributed by atoms with E-state index in [0.717, 1.165) is 10.9 Å². The van der Waals surface area contributed by atoms with Crippen molar-refractivity contribution in [3.63, 3.8) is 0 Å². The summed E-state index contributed by atoms with van der Waals surface area (Å²) in [5.74, 6) is 0. The molecule has 0 N–H and O–H groups in total. The molecule has 1 spiro atoms. The summed E-state index contributed by atoms with van der Waals surface area (Å²) in [6.07, 6.45) is 0. The maximum atomic E-state index is 4.93.